The molecule has 2 fully saturated rings. The molecule has 1 unspecified atom stereocenters. The van der Waals surface area contributed by atoms with Gasteiger partial charge in [0.05, 0.1) is 16.9 Å². The number of carbonyl (C=O) groups is 1. The van der Waals surface area contributed by atoms with Gasteiger partial charge in [-0.1, -0.05) is 11.6 Å². The second-order valence-corrected chi connectivity index (χ2v) is 7.47. The summed E-state index contributed by atoms with van der Waals surface area (Å²) in [6, 6.07) is 7.94. The van der Waals surface area contributed by atoms with Crippen molar-refractivity contribution in [2.24, 2.45) is 0 Å². The van der Waals surface area contributed by atoms with Crippen LogP contribution in [0.1, 0.15) is 22.5 Å². The van der Waals surface area contributed by atoms with E-state index in [4.69, 9.17) is 11.6 Å². The molecule has 3 heterocycles. The Balaban J connectivity index is 0.00000210. The van der Waals surface area contributed by atoms with E-state index in [0.29, 0.717) is 16.6 Å². The fourth-order valence-electron chi connectivity index (χ4n) is 3.84. The lowest BCUT2D eigenvalue weighted by molar-refractivity contribution is 0.0773. The maximum Gasteiger partial charge on any atom is 0.257 e. The summed E-state index contributed by atoms with van der Waals surface area (Å²) in [4.78, 5) is 17.5. The summed E-state index contributed by atoms with van der Waals surface area (Å²) in [6.07, 6.45) is 2.88. The first kappa shape index (κ1) is 20.1. The average molecular weight is 410 g/mol. The summed E-state index contributed by atoms with van der Waals surface area (Å²) in [5.74, 6) is 0.0837. The van der Waals surface area contributed by atoms with Crippen LogP contribution >= 0.6 is 24.0 Å². The summed E-state index contributed by atoms with van der Waals surface area (Å²) in [6.45, 7) is 7.74. The predicted octanol–water partition coefficient (Wildman–Crippen LogP) is 2.38. The number of halogens is 2. The molecule has 4 rings (SSSR count). The molecule has 2 saturated heterocycles. The third-order valence-corrected chi connectivity index (χ3v) is 5.59. The molecule has 1 N–H and O–H groups in total. The number of aryl methyl sites for hydroxylation is 1. The van der Waals surface area contributed by atoms with Gasteiger partial charge in [0, 0.05) is 56.5 Å². The Hall–Kier alpha value is -1.60. The largest absolute Gasteiger partial charge is 0.337 e. The van der Waals surface area contributed by atoms with E-state index >= 15 is 0 Å². The highest BCUT2D eigenvalue weighted by Crippen LogP contribution is 2.21. The van der Waals surface area contributed by atoms with Crippen molar-refractivity contribution in [3.05, 3.63) is 46.7 Å². The molecule has 8 heteroatoms. The van der Waals surface area contributed by atoms with Crippen LogP contribution in [0.15, 0.2) is 30.5 Å². The Kier molecular flexibility index (Phi) is 6.42. The first-order valence-electron chi connectivity index (χ1n) is 9.18. The van der Waals surface area contributed by atoms with Crippen molar-refractivity contribution in [1.29, 1.82) is 0 Å². The summed E-state index contributed by atoms with van der Waals surface area (Å²) in [5, 5.41) is 8.59. The minimum absolute atomic E-state index is 0. The summed E-state index contributed by atoms with van der Waals surface area (Å²) >= 11 is 5.95. The van der Waals surface area contributed by atoms with Crippen LogP contribution in [0.3, 0.4) is 0 Å². The van der Waals surface area contributed by atoms with E-state index in [1.165, 1.54) is 0 Å². The summed E-state index contributed by atoms with van der Waals surface area (Å²) < 4.78 is 1.75. The van der Waals surface area contributed by atoms with Crippen molar-refractivity contribution in [3.8, 4) is 5.69 Å². The van der Waals surface area contributed by atoms with Crippen molar-refractivity contribution in [2.75, 3.05) is 39.3 Å². The van der Waals surface area contributed by atoms with Crippen molar-refractivity contribution in [3.63, 3.8) is 0 Å². The van der Waals surface area contributed by atoms with Crippen LogP contribution in [0.25, 0.3) is 5.69 Å². The lowest BCUT2D eigenvalue weighted by atomic mass is 10.2. The number of aromatic nitrogens is 2. The molecule has 1 aromatic carbocycles. The van der Waals surface area contributed by atoms with Crippen LogP contribution in [-0.4, -0.2) is 70.8 Å². The van der Waals surface area contributed by atoms with Crippen molar-refractivity contribution < 1.29 is 4.79 Å². The van der Waals surface area contributed by atoms with Crippen LogP contribution in [-0.2, 0) is 0 Å². The number of nitrogens with zero attached hydrogens (tertiary/aromatic N) is 4. The zero-order chi connectivity index (χ0) is 18.1. The molecule has 2 aliphatic rings. The topological polar surface area (TPSA) is 53.4 Å². The second-order valence-electron chi connectivity index (χ2n) is 7.03. The molecule has 0 spiro atoms. The quantitative estimate of drug-likeness (QED) is 0.845. The molecule has 1 aromatic heterocycles. The molecule has 2 aliphatic heterocycles. The number of benzene rings is 1. The van der Waals surface area contributed by atoms with Crippen molar-refractivity contribution in [1.82, 2.24) is 24.9 Å². The van der Waals surface area contributed by atoms with Crippen molar-refractivity contribution in [2.45, 2.75) is 19.4 Å². The van der Waals surface area contributed by atoms with Gasteiger partial charge in [-0.15, -0.1) is 12.4 Å². The number of likely N-dealkylation sites (tertiary alicyclic amines) is 1. The Bertz CT molecular complexity index is 786. The molecule has 1 amide bonds. The van der Waals surface area contributed by atoms with Gasteiger partial charge in [-0.3, -0.25) is 9.69 Å². The number of carbonyl (C=O) groups excluding carboxylic acids is 1. The van der Waals surface area contributed by atoms with Crippen LogP contribution in [0.2, 0.25) is 5.02 Å². The van der Waals surface area contributed by atoms with E-state index in [0.717, 1.165) is 57.1 Å². The lowest BCUT2D eigenvalue weighted by Gasteiger charge is -2.32. The number of nitrogens with one attached hydrogen (secondary N) is 1. The number of hydrogen-bond donors (Lipinski definition) is 1. The molecule has 1 atom stereocenters. The number of rotatable bonds is 3. The zero-order valence-corrected chi connectivity index (χ0v) is 17.0. The normalized spacial score (nSPS) is 20.5. The van der Waals surface area contributed by atoms with Crippen LogP contribution < -0.4 is 5.32 Å². The van der Waals surface area contributed by atoms with Gasteiger partial charge in [-0.25, -0.2) is 4.68 Å². The maximum atomic E-state index is 13.0. The molecular formula is C19H25Cl2N5O. The maximum absolute atomic E-state index is 13.0. The Morgan fingerprint density at radius 2 is 1.89 bits per heavy atom. The smallest absolute Gasteiger partial charge is 0.257 e. The van der Waals surface area contributed by atoms with Crippen LogP contribution in [0.5, 0.6) is 0 Å². The van der Waals surface area contributed by atoms with Gasteiger partial charge in [0.2, 0.25) is 0 Å². The zero-order valence-electron chi connectivity index (χ0n) is 15.4. The first-order chi connectivity index (χ1) is 12.6. The molecular weight excluding hydrogens is 385 g/mol. The minimum atomic E-state index is 0. The van der Waals surface area contributed by atoms with E-state index in [-0.39, 0.29) is 18.3 Å². The minimum Gasteiger partial charge on any atom is -0.337 e. The van der Waals surface area contributed by atoms with E-state index in [9.17, 15) is 4.79 Å². The molecule has 0 radical (unpaired) electrons. The van der Waals surface area contributed by atoms with E-state index in [1.54, 1.807) is 4.68 Å². The fourth-order valence-corrected chi connectivity index (χ4v) is 3.96. The van der Waals surface area contributed by atoms with Crippen LogP contribution in [0, 0.1) is 6.92 Å². The number of piperazine rings is 1. The fraction of sp³-hybridized carbons (Fsp3) is 0.474. The van der Waals surface area contributed by atoms with E-state index < -0.39 is 0 Å². The SMILES string of the molecule is Cc1nn(-c2ccc(Cl)cc2)cc1C(=O)N1CCC(N2CCNCC2)C1.Cl. The molecule has 0 bridgehead atoms. The molecule has 0 saturated carbocycles. The van der Waals surface area contributed by atoms with Gasteiger partial charge in [0.15, 0.2) is 0 Å². The Labute approximate surface area is 170 Å². The van der Waals surface area contributed by atoms with Gasteiger partial charge >= 0.3 is 0 Å². The summed E-state index contributed by atoms with van der Waals surface area (Å²) in [5.41, 5.74) is 2.34. The van der Waals surface area contributed by atoms with E-state index in [2.05, 4.69) is 15.3 Å². The highest BCUT2D eigenvalue weighted by atomic mass is 35.5. The van der Waals surface area contributed by atoms with Crippen molar-refractivity contribution >= 4 is 29.9 Å². The van der Waals surface area contributed by atoms with E-state index in [1.807, 2.05) is 42.3 Å². The monoisotopic (exact) mass is 409 g/mol. The number of hydrogen-bond acceptors (Lipinski definition) is 4. The molecule has 146 valence electrons. The Morgan fingerprint density at radius 1 is 1.19 bits per heavy atom. The van der Waals surface area contributed by atoms with Gasteiger partial charge in [-0.05, 0) is 37.6 Å². The molecule has 0 aliphatic carbocycles. The Morgan fingerprint density at radius 3 is 2.59 bits per heavy atom. The van der Waals surface area contributed by atoms with Gasteiger partial charge in [0.25, 0.3) is 5.91 Å². The summed E-state index contributed by atoms with van der Waals surface area (Å²) in [7, 11) is 0. The lowest BCUT2D eigenvalue weighted by Crippen LogP contribution is -2.49. The predicted molar refractivity (Wildman–Crippen MR) is 109 cm³/mol. The van der Waals surface area contributed by atoms with Gasteiger partial charge in [-0.2, -0.15) is 5.10 Å². The third-order valence-electron chi connectivity index (χ3n) is 5.34. The standard InChI is InChI=1S/C19H24ClN5O.ClH/c1-14-18(13-25(22-14)16-4-2-15(20)3-5-16)19(26)24-9-6-17(12-24)23-10-7-21-8-11-23;/h2-5,13,17,21H,6-12H2,1H3;1H. The number of amides is 1. The highest BCUT2D eigenvalue weighted by molar-refractivity contribution is 6.30. The van der Waals surface area contributed by atoms with Gasteiger partial charge < -0.3 is 10.2 Å². The highest BCUT2D eigenvalue weighted by Gasteiger charge is 2.32. The molecule has 6 nitrogen and oxygen atoms in total. The van der Waals surface area contributed by atoms with Crippen LogP contribution in [0.4, 0.5) is 0 Å². The first-order valence-corrected chi connectivity index (χ1v) is 9.56. The molecule has 2 aromatic rings. The third kappa shape index (κ3) is 4.29. The second kappa shape index (κ2) is 8.61. The average Bonchev–Trinajstić information content (AvgIpc) is 3.30. The molecule has 27 heavy (non-hydrogen) atoms. The van der Waals surface area contributed by atoms with Gasteiger partial charge in [0.1, 0.15) is 0 Å².